The van der Waals surface area contributed by atoms with Crippen LogP contribution in [0.5, 0.6) is 0 Å². The molecule has 1 aromatic rings. The number of hydrogen-bond acceptors (Lipinski definition) is 6. The third kappa shape index (κ3) is 7.79. The van der Waals surface area contributed by atoms with Crippen LogP contribution in [-0.4, -0.2) is 69.0 Å². The van der Waals surface area contributed by atoms with Gasteiger partial charge < -0.3 is 20.9 Å². The van der Waals surface area contributed by atoms with Gasteiger partial charge in [0.2, 0.25) is 0 Å². The SMILES string of the molecule is S=C=Nc1ccc(CCN2CCNCCNCCNCC2)cc1. The van der Waals surface area contributed by atoms with Crippen molar-refractivity contribution in [1.82, 2.24) is 20.9 Å². The van der Waals surface area contributed by atoms with Crippen LogP contribution >= 0.6 is 12.2 Å². The Morgan fingerprint density at radius 3 is 2.04 bits per heavy atom. The van der Waals surface area contributed by atoms with Crippen LogP contribution in [0.1, 0.15) is 5.56 Å². The highest BCUT2D eigenvalue weighted by Crippen LogP contribution is 2.12. The lowest BCUT2D eigenvalue weighted by molar-refractivity contribution is 0.274. The van der Waals surface area contributed by atoms with E-state index in [9.17, 15) is 0 Å². The van der Waals surface area contributed by atoms with Gasteiger partial charge in [0, 0.05) is 58.9 Å². The Bertz CT molecular complexity index is 472. The summed E-state index contributed by atoms with van der Waals surface area (Å²) >= 11 is 4.63. The predicted octanol–water partition coefficient (Wildman–Crippen LogP) is 1.05. The minimum absolute atomic E-state index is 0.872. The van der Waals surface area contributed by atoms with Crippen LogP contribution in [0.25, 0.3) is 0 Å². The van der Waals surface area contributed by atoms with Crippen molar-refractivity contribution in [2.24, 2.45) is 4.99 Å². The maximum absolute atomic E-state index is 4.63. The molecule has 6 heteroatoms. The highest BCUT2D eigenvalue weighted by atomic mass is 32.1. The van der Waals surface area contributed by atoms with Gasteiger partial charge in [-0.25, -0.2) is 0 Å². The summed E-state index contributed by atoms with van der Waals surface area (Å²) in [5, 5.41) is 12.8. The van der Waals surface area contributed by atoms with Crippen molar-refractivity contribution < 1.29 is 0 Å². The zero-order valence-electron chi connectivity index (χ0n) is 13.7. The average molecular weight is 334 g/mol. The van der Waals surface area contributed by atoms with Crippen molar-refractivity contribution in [3.05, 3.63) is 29.8 Å². The molecule has 0 aliphatic carbocycles. The molecule has 0 saturated carbocycles. The molecular formula is C17H27N5S. The Kier molecular flexibility index (Phi) is 9.03. The monoisotopic (exact) mass is 333 g/mol. The van der Waals surface area contributed by atoms with Gasteiger partial charge in [0.15, 0.2) is 0 Å². The number of nitrogens with one attached hydrogen (secondary N) is 3. The van der Waals surface area contributed by atoms with E-state index in [1.54, 1.807) is 0 Å². The molecule has 0 radical (unpaired) electrons. The molecule has 3 N–H and O–H groups in total. The Labute approximate surface area is 144 Å². The Morgan fingerprint density at radius 2 is 1.48 bits per heavy atom. The molecular weight excluding hydrogens is 306 g/mol. The normalized spacial score (nSPS) is 18.4. The van der Waals surface area contributed by atoms with Crippen molar-refractivity contribution in [1.29, 1.82) is 0 Å². The van der Waals surface area contributed by atoms with Gasteiger partial charge in [0.1, 0.15) is 0 Å². The number of hydrogen-bond donors (Lipinski definition) is 3. The summed E-state index contributed by atoms with van der Waals surface area (Å²) in [4.78, 5) is 6.52. The molecule has 1 aliphatic heterocycles. The van der Waals surface area contributed by atoms with E-state index < -0.39 is 0 Å². The van der Waals surface area contributed by atoms with Gasteiger partial charge in [-0.05, 0) is 36.3 Å². The zero-order chi connectivity index (χ0) is 16.2. The third-order valence-corrected chi connectivity index (χ3v) is 4.09. The molecule has 23 heavy (non-hydrogen) atoms. The molecule has 1 aromatic carbocycles. The first-order valence-corrected chi connectivity index (χ1v) is 8.80. The number of thiocarbonyl (C=S) groups is 1. The number of isothiocyanates is 1. The Morgan fingerprint density at radius 1 is 0.913 bits per heavy atom. The minimum Gasteiger partial charge on any atom is -0.314 e. The van der Waals surface area contributed by atoms with Gasteiger partial charge in [-0.15, -0.1) is 0 Å². The van der Waals surface area contributed by atoms with Gasteiger partial charge in [-0.1, -0.05) is 12.1 Å². The average Bonchev–Trinajstić information content (AvgIpc) is 2.56. The summed E-state index contributed by atoms with van der Waals surface area (Å²) in [6, 6.07) is 8.26. The predicted molar refractivity (Wildman–Crippen MR) is 99.9 cm³/mol. The molecule has 0 unspecified atom stereocenters. The van der Waals surface area contributed by atoms with Crippen LogP contribution in [0.15, 0.2) is 29.3 Å². The summed E-state index contributed by atoms with van der Waals surface area (Å²) in [7, 11) is 0. The molecule has 0 bridgehead atoms. The smallest absolute Gasteiger partial charge is 0.0739 e. The Balaban J connectivity index is 1.79. The molecule has 126 valence electrons. The largest absolute Gasteiger partial charge is 0.314 e. The van der Waals surface area contributed by atoms with E-state index in [1.807, 2.05) is 12.1 Å². The van der Waals surface area contributed by atoms with E-state index in [4.69, 9.17) is 0 Å². The van der Waals surface area contributed by atoms with Crippen LogP contribution in [0.4, 0.5) is 5.69 Å². The van der Waals surface area contributed by atoms with Crippen LogP contribution in [0, 0.1) is 0 Å². The second-order valence-corrected chi connectivity index (χ2v) is 5.89. The van der Waals surface area contributed by atoms with Crippen molar-refractivity contribution in [2.75, 3.05) is 58.9 Å². The summed E-state index contributed by atoms with van der Waals surface area (Å²) in [6.45, 7) is 9.51. The van der Waals surface area contributed by atoms with E-state index in [0.717, 1.165) is 71.0 Å². The van der Waals surface area contributed by atoms with Gasteiger partial charge in [0.25, 0.3) is 0 Å². The van der Waals surface area contributed by atoms with Gasteiger partial charge in [-0.2, -0.15) is 4.99 Å². The van der Waals surface area contributed by atoms with E-state index in [0.29, 0.717) is 0 Å². The van der Waals surface area contributed by atoms with Crippen LogP contribution in [-0.2, 0) is 6.42 Å². The fraction of sp³-hybridized carbons (Fsp3) is 0.588. The van der Waals surface area contributed by atoms with Gasteiger partial charge >= 0.3 is 0 Å². The molecule has 0 spiro atoms. The van der Waals surface area contributed by atoms with Crippen molar-refractivity contribution in [3.8, 4) is 0 Å². The topological polar surface area (TPSA) is 51.7 Å². The Hall–Kier alpha value is -1.14. The fourth-order valence-corrected chi connectivity index (χ4v) is 2.72. The molecule has 1 aliphatic rings. The van der Waals surface area contributed by atoms with E-state index in [2.05, 4.69) is 55.4 Å². The van der Waals surface area contributed by atoms with Crippen molar-refractivity contribution >= 4 is 23.1 Å². The molecule has 2 rings (SSSR count). The summed E-state index contributed by atoms with van der Waals surface area (Å²) in [5.74, 6) is 0. The summed E-state index contributed by atoms with van der Waals surface area (Å²) in [5.41, 5.74) is 2.21. The summed E-state index contributed by atoms with van der Waals surface area (Å²) < 4.78 is 0. The number of rotatable bonds is 4. The van der Waals surface area contributed by atoms with Crippen LogP contribution < -0.4 is 16.0 Å². The molecule has 5 nitrogen and oxygen atoms in total. The second kappa shape index (κ2) is 11.4. The molecule has 0 aromatic heterocycles. The van der Waals surface area contributed by atoms with Crippen molar-refractivity contribution in [3.63, 3.8) is 0 Å². The van der Waals surface area contributed by atoms with E-state index in [-0.39, 0.29) is 0 Å². The highest BCUT2D eigenvalue weighted by Gasteiger charge is 2.06. The van der Waals surface area contributed by atoms with Crippen LogP contribution in [0.3, 0.4) is 0 Å². The molecule has 0 atom stereocenters. The molecule has 1 heterocycles. The minimum atomic E-state index is 0.872. The maximum atomic E-state index is 4.63. The van der Waals surface area contributed by atoms with E-state index >= 15 is 0 Å². The lowest BCUT2D eigenvalue weighted by Crippen LogP contribution is -2.42. The lowest BCUT2D eigenvalue weighted by Gasteiger charge is -2.23. The second-order valence-electron chi connectivity index (χ2n) is 5.71. The standard InChI is InChI=1S/C17H27N5S/c23-15-21-17-3-1-16(2-4-17)5-12-22-13-10-19-8-6-18-7-9-20-11-14-22/h1-4,18-20H,5-14H2. The third-order valence-electron chi connectivity index (χ3n) is 3.99. The van der Waals surface area contributed by atoms with Gasteiger partial charge in [0.05, 0.1) is 10.8 Å². The lowest BCUT2D eigenvalue weighted by atomic mass is 10.1. The quantitative estimate of drug-likeness (QED) is 0.568. The van der Waals surface area contributed by atoms with Crippen LogP contribution in [0.2, 0.25) is 0 Å². The highest BCUT2D eigenvalue weighted by molar-refractivity contribution is 7.78. The van der Waals surface area contributed by atoms with Crippen molar-refractivity contribution in [2.45, 2.75) is 6.42 Å². The number of benzene rings is 1. The first-order valence-electron chi connectivity index (χ1n) is 8.40. The molecule has 1 fully saturated rings. The molecule has 0 amide bonds. The molecule has 1 saturated heterocycles. The van der Waals surface area contributed by atoms with E-state index in [1.165, 1.54) is 5.56 Å². The maximum Gasteiger partial charge on any atom is 0.0739 e. The number of aliphatic imine (C=N–C) groups is 1. The zero-order valence-corrected chi connectivity index (χ0v) is 14.5. The number of nitrogens with zero attached hydrogens (tertiary/aromatic N) is 2. The summed E-state index contributed by atoms with van der Waals surface area (Å²) in [6.07, 6.45) is 1.06. The first kappa shape index (κ1) is 18.2. The van der Waals surface area contributed by atoms with Gasteiger partial charge in [-0.3, -0.25) is 0 Å². The first-order chi connectivity index (χ1) is 11.4. The fourth-order valence-electron chi connectivity index (χ4n) is 2.62.